The molecule has 0 aliphatic rings. The number of carbonyl (C=O) groups is 1. The summed E-state index contributed by atoms with van der Waals surface area (Å²) < 4.78 is 0.360. The molecule has 23 heavy (non-hydrogen) atoms. The Balaban J connectivity index is 2.06. The first-order valence-corrected chi connectivity index (χ1v) is 6.97. The second-order valence-corrected chi connectivity index (χ2v) is 5.22. The van der Waals surface area contributed by atoms with Gasteiger partial charge in [-0.3, -0.25) is 14.9 Å². The van der Waals surface area contributed by atoms with Crippen molar-refractivity contribution in [1.82, 2.24) is 5.43 Å². The zero-order valence-electron chi connectivity index (χ0n) is 11.4. The Kier molecular flexibility index (Phi) is 4.91. The van der Waals surface area contributed by atoms with Crippen molar-refractivity contribution < 1.29 is 19.9 Å². The first-order valence-electron chi connectivity index (χ1n) is 6.18. The van der Waals surface area contributed by atoms with Gasteiger partial charge in [0.05, 0.1) is 15.6 Å². The molecule has 0 saturated carbocycles. The average molecular weight is 380 g/mol. The number of benzene rings is 2. The second-order valence-electron chi connectivity index (χ2n) is 4.37. The van der Waals surface area contributed by atoms with Gasteiger partial charge >= 0.3 is 0 Å². The summed E-state index contributed by atoms with van der Waals surface area (Å²) in [6.45, 7) is 0. The molecule has 0 radical (unpaired) electrons. The fraction of sp³-hybridized carbons (Fsp3) is 0. The van der Waals surface area contributed by atoms with Gasteiger partial charge in [-0.25, -0.2) is 5.43 Å². The number of nitrogens with zero attached hydrogens (tertiary/aromatic N) is 2. The van der Waals surface area contributed by atoms with Crippen LogP contribution in [0.1, 0.15) is 15.9 Å². The third-order valence-corrected chi connectivity index (χ3v) is 3.44. The summed E-state index contributed by atoms with van der Waals surface area (Å²) in [5.74, 6) is -0.901. The summed E-state index contributed by atoms with van der Waals surface area (Å²) in [6, 6.07) is 7.58. The van der Waals surface area contributed by atoms with Crippen molar-refractivity contribution in [2.45, 2.75) is 0 Å². The molecule has 0 unspecified atom stereocenters. The Morgan fingerprint density at radius 3 is 2.48 bits per heavy atom. The number of phenolic OH excluding ortho intramolecular Hbond substituents is 2. The third-order valence-electron chi connectivity index (χ3n) is 2.81. The molecule has 0 spiro atoms. The lowest BCUT2D eigenvalue weighted by molar-refractivity contribution is -0.384. The van der Waals surface area contributed by atoms with Gasteiger partial charge in [0, 0.05) is 29.3 Å². The quantitative estimate of drug-likeness (QED) is 0.427. The molecule has 2 aromatic rings. The van der Waals surface area contributed by atoms with E-state index in [0.29, 0.717) is 4.47 Å². The van der Waals surface area contributed by atoms with Crippen LogP contribution in [0.25, 0.3) is 0 Å². The highest BCUT2D eigenvalue weighted by Crippen LogP contribution is 2.30. The van der Waals surface area contributed by atoms with E-state index in [1.165, 1.54) is 36.5 Å². The van der Waals surface area contributed by atoms with Gasteiger partial charge in [-0.05, 0) is 34.1 Å². The van der Waals surface area contributed by atoms with E-state index in [-0.39, 0.29) is 28.3 Å². The zero-order chi connectivity index (χ0) is 17.0. The number of amides is 1. The van der Waals surface area contributed by atoms with E-state index >= 15 is 0 Å². The fourth-order valence-electron chi connectivity index (χ4n) is 1.63. The zero-order valence-corrected chi connectivity index (χ0v) is 13.0. The largest absolute Gasteiger partial charge is 0.507 e. The van der Waals surface area contributed by atoms with Crippen molar-refractivity contribution in [3.8, 4) is 11.5 Å². The van der Waals surface area contributed by atoms with E-state index in [9.17, 15) is 25.1 Å². The molecule has 2 aromatic carbocycles. The lowest BCUT2D eigenvalue weighted by atomic mass is 10.2. The number of phenols is 2. The molecule has 0 aromatic heterocycles. The second kappa shape index (κ2) is 6.88. The van der Waals surface area contributed by atoms with Crippen molar-refractivity contribution in [2.75, 3.05) is 0 Å². The maximum absolute atomic E-state index is 11.8. The maximum atomic E-state index is 11.8. The molecule has 2 rings (SSSR count). The summed E-state index contributed by atoms with van der Waals surface area (Å²) >= 11 is 3.09. The topological polar surface area (TPSA) is 125 Å². The summed E-state index contributed by atoms with van der Waals surface area (Å²) in [7, 11) is 0. The molecule has 0 bridgehead atoms. The molecule has 0 saturated heterocycles. The van der Waals surface area contributed by atoms with Gasteiger partial charge in [0.2, 0.25) is 0 Å². The van der Waals surface area contributed by atoms with Crippen molar-refractivity contribution in [3.63, 3.8) is 0 Å². The van der Waals surface area contributed by atoms with E-state index in [1.807, 2.05) is 0 Å². The highest BCUT2D eigenvalue weighted by Gasteiger charge is 2.09. The Hall–Kier alpha value is -2.94. The SMILES string of the molecule is O=C(N/N=C\c1cc(Br)c(O)cc1O)c1ccc([N+](=O)[O-])cc1. The molecule has 9 heteroatoms. The Labute approximate surface area is 138 Å². The van der Waals surface area contributed by atoms with Crippen LogP contribution in [0.4, 0.5) is 5.69 Å². The molecular weight excluding hydrogens is 370 g/mol. The Morgan fingerprint density at radius 1 is 1.22 bits per heavy atom. The van der Waals surface area contributed by atoms with Crippen LogP contribution in [0, 0.1) is 10.1 Å². The molecule has 1 amide bonds. The predicted molar refractivity (Wildman–Crippen MR) is 85.6 cm³/mol. The molecule has 0 atom stereocenters. The van der Waals surface area contributed by atoms with E-state index in [0.717, 1.165) is 6.07 Å². The number of aromatic hydroxyl groups is 2. The van der Waals surface area contributed by atoms with E-state index < -0.39 is 10.8 Å². The smallest absolute Gasteiger partial charge is 0.271 e. The minimum absolute atomic E-state index is 0.121. The van der Waals surface area contributed by atoms with Crippen LogP contribution in [-0.2, 0) is 0 Å². The average Bonchev–Trinajstić information content (AvgIpc) is 2.52. The van der Waals surface area contributed by atoms with E-state index in [4.69, 9.17) is 0 Å². The van der Waals surface area contributed by atoms with Gasteiger partial charge in [0.25, 0.3) is 11.6 Å². The molecule has 0 fully saturated rings. The summed E-state index contributed by atoms with van der Waals surface area (Å²) in [4.78, 5) is 21.8. The van der Waals surface area contributed by atoms with Crippen molar-refractivity contribution in [2.24, 2.45) is 5.10 Å². The van der Waals surface area contributed by atoms with Crippen LogP contribution in [0.15, 0.2) is 46.0 Å². The number of non-ortho nitro benzene ring substituents is 1. The Morgan fingerprint density at radius 2 is 1.87 bits per heavy atom. The standard InChI is InChI=1S/C14H10BrN3O5/c15-11-5-9(12(19)6-13(11)20)7-16-17-14(21)8-1-3-10(4-2-8)18(22)23/h1-7,19-20H,(H,17,21)/b16-7-. The maximum Gasteiger partial charge on any atom is 0.271 e. The highest BCUT2D eigenvalue weighted by molar-refractivity contribution is 9.10. The van der Waals surface area contributed by atoms with Gasteiger partial charge in [-0.1, -0.05) is 0 Å². The van der Waals surface area contributed by atoms with Crippen LogP contribution in [0.3, 0.4) is 0 Å². The fourth-order valence-corrected chi connectivity index (χ4v) is 1.99. The van der Waals surface area contributed by atoms with Gasteiger partial charge in [-0.2, -0.15) is 5.10 Å². The number of nitro groups is 1. The molecule has 0 aliphatic carbocycles. The number of hydrogen-bond acceptors (Lipinski definition) is 6. The molecule has 8 nitrogen and oxygen atoms in total. The van der Waals surface area contributed by atoms with Gasteiger partial charge in [0.1, 0.15) is 11.5 Å². The van der Waals surface area contributed by atoms with Crippen LogP contribution in [0.5, 0.6) is 11.5 Å². The van der Waals surface area contributed by atoms with Gasteiger partial charge in [-0.15, -0.1) is 0 Å². The molecule has 3 N–H and O–H groups in total. The summed E-state index contributed by atoms with van der Waals surface area (Å²) in [5, 5.41) is 33.2. The van der Waals surface area contributed by atoms with E-state index in [1.54, 1.807) is 0 Å². The summed E-state index contributed by atoms with van der Waals surface area (Å²) in [6.07, 6.45) is 1.20. The minimum atomic E-state index is -0.564. The summed E-state index contributed by atoms with van der Waals surface area (Å²) in [5.41, 5.74) is 2.58. The number of hydrogen-bond donors (Lipinski definition) is 3. The number of nitro benzene ring substituents is 1. The lowest BCUT2D eigenvalue weighted by Gasteiger charge is -2.03. The number of carbonyl (C=O) groups excluding carboxylic acids is 1. The van der Waals surface area contributed by atoms with Crippen LogP contribution in [-0.4, -0.2) is 27.3 Å². The normalized spacial score (nSPS) is 10.7. The van der Waals surface area contributed by atoms with Crippen molar-refractivity contribution in [3.05, 3.63) is 62.1 Å². The molecular formula is C14H10BrN3O5. The first kappa shape index (κ1) is 16.4. The van der Waals surface area contributed by atoms with Crippen LogP contribution < -0.4 is 5.43 Å². The number of rotatable bonds is 4. The Bertz CT molecular complexity index is 790. The number of hydrazone groups is 1. The molecule has 0 heterocycles. The predicted octanol–water partition coefficient (Wildman–Crippen LogP) is 2.53. The number of halogens is 1. The van der Waals surface area contributed by atoms with Gasteiger partial charge in [0.15, 0.2) is 0 Å². The van der Waals surface area contributed by atoms with Crippen molar-refractivity contribution >= 4 is 33.7 Å². The monoisotopic (exact) mass is 379 g/mol. The first-order chi connectivity index (χ1) is 10.9. The highest BCUT2D eigenvalue weighted by atomic mass is 79.9. The van der Waals surface area contributed by atoms with Gasteiger partial charge < -0.3 is 10.2 Å². The molecule has 118 valence electrons. The van der Waals surface area contributed by atoms with Crippen LogP contribution in [0.2, 0.25) is 0 Å². The minimum Gasteiger partial charge on any atom is -0.507 e. The van der Waals surface area contributed by atoms with Crippen molar-refractivity contribution in [1.29, 1.82) is 0 Å². The third kappa shape index (κ3) is 4.04. The van der Waals surface area contributed by atoms with E-state index in [2.05, 4.69) is 26.5 Å². The molecule has 0 aliphatic heterocycles. The van der Waals surface area contributed by atoms with Crippen LogP contribution >= 0.6 is 15.9 Å². The lowest BCUT2D eigenvalue weighted by Crippen LogP contribution is -2.17. The number of nitrogens with one attached hydrogen (secondary N) is 1.